The Balaban J connectivity index is 2.99. The summed E-state index contributed by atoms with van der Waals surface area (Å²) in [6.07, 6.45) is 1.83. The second-order valence-electron chi connectivity index (χ2n) is 4.46. The molecule has 0 nitrogen and oxygen atoms in total. The lowest BCUT2D eigenvalue weighted by molar-refractivity contribution is 0.573. The normalized spacial score (nSPS) is 15.2. The third-order valence-electron chi connectivity index (χ3n) is 3.38. The Hall–Kier alpha value is 0.0469. The van der Waals surface area contributed by atoms with Gasteiger partial charge in [0.1, 0.15) is 0 Å². The molecule has 0 bridgehead atoms. The SMILES string of the molecule is C=C(c1ccccc1)C(CC)C(CC)[Si](Cl)(Cl)Cl. The van der Waals surface area contributed by atoms with Gasteiger partial charge in [0.05, 0.1) is 0 Å². The molecule has 100 valence electrons. The number of allylic oxidation sites excluding steroid dienone is 1. The lowest BCUT2D eigenvalue weighted by Crippen LogP contribution is -2.27. The zero-order valence-electron chi connectivity index (χ0n) is 10.8. The van der Waals surface area contributed by atoms with E-state index in [4.69, 9.17) is 33.2 Å². The van der Waals surface area contributed by atoms with Crippen LogP contribution in [0.3, 0.4) is 0 Å². The van der Waals surface area contributed by atoms with Gasteiger partial charge in [0.15, 0.2) is 0 Å². The van der Waals surface area contributed by atoms with Gasteiger partial charge in [0.25, 0.3) is 0 Å². The molecule has 0 N–H and O–H groups in total. The molecule has 0 heterocycles. The first-order valence-corrected chi connectivity index (χ1v) is 11.3. The number of benzene rings is 1. The first-order valence-electron chi connectivity index (χ1n) is 6.22. The molecule has 0 saturated heterocycles. The van der Waals surface area contributed by atoms with Gasteiger partial charge < -0.3 is 0 Å². The highest BCUT2D eigenvalue weighted by Gasteiger charge is 2.41. The molecule has 18 heavy (non-hydrogen) atoms. The summed E-state index contributed by atoms with van der Waals surface area (Å²) in [4.78, 5) is 0. The highest BCUT2D eigenvalue weighted by atomic mass is 35.8. The molecule has 0 aliphatic carbocycles. The van der Waals surface area contributed by atoms with E-state index in [9.17, 15) is 0 Å². The van der Waals surface area contributed by atoms with Crippen LogP contribution >= 0.6 is 33.2 Å². The molecular weight excluding hydrogens is 303 g/mol. The maximum absolute atomic E-state index is 6.23. The summed E-state index contributed by atoms with van der Waals surface area (Å²) in [6.45, 7) is 8.44. The Morgan fingerprint density at radius 1 is 1.11 bits per heavy atom. The molecule has 0 aromatic heterocycles. The van der Waals surface area contributed by atoms with E-state index in [2.05, 4.69) is 32.6 Å². The van der Waals surface area contributed by atoms with E-state index in [0.29, 0.717) is 0 Å². The molecule has 2 atom stereocenters. The van der Waals surface area contributed by atoms with Crippen LogP contribution in [0.1, 0.15) is 32.3 Å². The molecule has 4 heteroatoms. The van der Waals surface area contributed by atoms with Gasteiger partial charge in [-0.25, -0.2) is 0 Å². The third-order valence-corrected chi connectivity index (χ3v) is 7.55. The fourth-order valence-corrected chi connectivity index (χ4v) is 6.50. The highest BCUT2D eigenvalue weighted by Crippen LogP contribution is 2.47. The summed E-state index contributed by atoms with van der Waals surface area (Å²) in [5.74, 6) is 0.247. The highest BCUT2D eigenvalue weighted by molar-refractivity contribution is 7.65. The minimum atomic E-state index is -2.71. The minimum Gasteiger partial charge on any atom is -0.126 e. The minimum absolute atomic E-state index is 0.125. The lowest BCUT2D eigenvalue weighted by Gasteiger charge is -2.31. The van der Waals surface area contributed by atoms with Crippen LogP contribution in [0.4, 0.5) is 0 Å². The van der Waals surface area contributed by atoms with Crippen LogP contribution in [-0.2, 0) is 0 Å². The molecule has 0 aliphatic heterocycles. The van der Waals surface area contributed by atoms with Crippen LogP contribution in [0, 0.1) is 5.92 Å². The van der Waals surface area contributed by atoms with E-state index in [1.807, 2.05) is 18.2 Å². The maximum atomic E-state index is 6.23. The van der Waals surface area contributed by atoms with E-state index in [1.54, 1.807) is 0 Å². The second kappa shape index (κ2) is 7.00. The Bertz CT molecular complexity index is 384. The van der Waals surface area contributed by atoms with Crippen molar-refractivity contribution in [2.24, 2.45) is 5.92 Å². The quantitative estimate of drug-likeness (QED) is 0.434. The molecule has 0 amide bonds. The van der Waals surface area contributed by atoms with E-state index in [-0.39, 0.29) is 11.5 Å². The van der Waals surface area contributed by atoms with E-state index in [0.717, 1.165) is 24.0 Å². The van der Waals surface area contributed by atoms with E-state index in [1.165, 1.54) is 0 Å². The molecular formula is C14H19Cl3Si. The van der Waals surface area contributed by atoms with Crippen LogP contribution in [0.2, 0.25) is 5.54 Å². The summed E-state index contributed by atoms with van der Waals surface area (Å²) in [5, 5.41) is 0. The Morgan fingerprint density at radius 3 is 2.06 bits per heavy atom. The Kier molecular flexibility index (Phi) is 6.26. The van der Waals surface area contributed by atoms with Gasteiger partial charge in [0, 0.05) is 5.54 Å². The van der Waals surface area contributed by atoms with Crippen LogP contribution in [0.15, 0.2) is 36.9 Å². The zero-order chi connectivity index (χ0) is 13.8. The smallest absolute Gasteiger partial charge is 0.126 e. The van der Waals surface area contributed by atoms with Gasteiger partial charge in [0.2, 0.25) is 0 Å². The van der Waals surface area contributed by atoms with Crippen molar-refractivity contribution in [3.63, 3.8) is 0 Å². The van der Waals surface area contributed by atoms with Gasteiger partial charge in [-0.1, -0.05) is 57.2 Å². The fraction of sp³-hybridized carbons (Fsp3) is 0.429. The zero-order valence-corrected chi connectivity index (χ0v) is 14.1. The average molecular weight is 322 g/mol. The molecule has 0 fully saturated rings. The Morgan fingerprint density at radius 2 is 1.67 bits per heavy atom. The third kappa shape index (κ3) is 4.02. The number of hydrogen-bond acceptors (Lipinski definition) is 0. The largest absolute Gasteiger partial charge is 0.344 e. The monoisotopic (exact) mass is 320 g/mol. The predicted octanol–water partition coefficient (Wildman–Crippen LogP) is 6.16. The number of hydrogen-bond donors (Lipinski definition) is 0. The molecule has 1 aromatic carbocycles. The van der Waals surface area contributed by atoms with E-state index < -0.39 is 6.00 Å². The standard InChI is InChI=1S/C14H19Cl3Si/c1-4-13(14(5-2)18(15,16)17)11(3)12-9-7-6-8-10-12/h6-10,13-14H,3-5H2,1-2H3. The molecule has 0 radical (unpaired) electrons. The summed E-state index contributed by atoms with van der Waals surface area (Å²) in [7, 11) is 0. The van der Waals surface area contributed by atoms with Crippen LogP contribution < -0.4 is 0 Å². The summed E-state index contributed by atoms with van der Waals surface area (Å²) in [5.41, 5.74) is 2.36. The summed E-state index contributed by atoms with van der Waals surface area (Å²) < 4.78 is 0. The molecule has 0 aliphatic rings. The first-order chi connectivity index (χ1) is 8.41. The van der Waals surface area contributed by atoms with Crippen LogP contribution in [-0.4, -0.2) is 6.00 Å². The van der Waals surface area contributed by atoms with Crippen molar-refractivity contribution in [1.29, 1.82) is 0 Å². The average Bonchev–Trinajstić information content (AvgIpc) is 2.34. The van der Waals surface area contributed by atoms with Crippen molar-refractivity contribution in [2.45, 2.75) is 32.2 Å². The van der Waals surface area contributed by atoms with Crippen LogP contribution in [0.25, 0.3) is 5.57 Å². The first kappa shape index (κ1) is 16.1. The number of halogens is 3. The maximum Gasteiger partial charge on any atom is 0.344 e. The topological polar surface area (TPSA) is 0 Å². The van der Waals surface area contributed by atoms with Gasteiger partial charge in [-0.05, 0) is 23.5 Å². The summed E-state index contributed by atoms with van der Waals surface area (Å²) >= 11 is 18.7. The molecule has 1 aromatic rings. The van der Waals surface area contributed by atoms with Crippen molar-refractivity contribution in [3.05, 3.63) is 42.5 Å². The van der Waals surface area contributed by atoms with E-state index >= 15 is 0 Å². The van der Waals surface area contributed by atoms with Crippen molar-refractivity contribution >= 4 is 44.8 Å². The van der Waals surface area contributed by atoms with Gasteiger partial charge in [-0.3, -0.25) is 0 Å². The van der Waals surface area contributed by atoms with Crippen molar-refractivity contribution in [2.75, 3.05) is 0 Å². The molecule has 2 unspecified atom stereocenters. The predicted molar refractivity (Wildman–Crippen MR) is 86.6 cm³/mol. The number of rotatable bonds is 6. The summed E-state index contributed by atoms with van der Waals surface area (Å²) in [6, 6.07) is 7.45. The van der Waals surface area contributed by atoms with Gasteiger partial charge in [-0.2, -0.15) is 0 Å². The molecule has 1 rings (SSSR count). The van der Waals surface area contributed by atoms with Gasteiger partial charge >= 0.3 is 6.00 Å². The van der Waals surface area contributed by atoms with Gasteiger partial charge in [-0.15, -0.1) is 33.2 Å². The lowest BCUT2D eigenvalue weighted by atomic mass is 9.88. The van der Waals surface area contributed by atoms with Crippen molar-refractivity contribution in [1.82, 2.24) is 0 Å². The molecule has 0 saturated carbocycles. The van der Waals surface area contributed by atoms with Crippen molar-refractivity contribution < 1.29 is 0 Å². The van der Waals surface area contributed by atoms with Crippen molar-refractivity contribution in [3.8, 4) is 0 Å². The fourth-order valence-electron chi connectivity index (χ4n) is 2.38. The second-order valence-corrected chi connectivity index (χ2v) is 13.4. The van der Waals surface area contributed by atoms with Crippen LogP contribution in [0.5, 0.6) is 0 Å². The molecule has 0 spiro atoms. The Labute approximate surface area is 125 Å².